The molecule has 2 unspecified atom stereocenters. The van der Waals surface area contributed by atoms with Gasteiger partial charge in [0.05, 0.1) is 5.69 Å². The Balaban J connectivity index is 2.42. The third-order valence-corrected chi connectivity index (χ3v) is 2.28. The van der Waals surface area contributed by atoms with E-state index in [9.17, 15) is 18.3 Å². The lowest BCUT2D eigenvalue weighted by Crippen LogP contribution is -2.32. The summed E-state index contributed by atoms with van der Waals surface area (Å²) in [4.78, 5) is 3.75. The van der Waals surface area contributed by atoms with Crippen LogP contribution in [-0.4, -0.2) is 42.8 Å². The zero-order valence-electron chi connectivity index (χ0n) is 8.86. The highest BCUT2D eigenvalue weighted by Crippen LogP contribution is 2.23. The molecule has 0 radical (unpaired) electrons. The van der Waals surface area contributed by atoms with Crippen molar-refractivity contribution in [2.24, 2.45) is 0 Å². The standard InChI is InChI=1S/C9H8F3N5O/c10-5-1-2-13-6(3-5)7(8(18)9(11)12)17-4-14-15-16-17/h1-4,7-9,18H. The zero-order valence-corrected chi connectivity index (χ0v) is 8.86. The van der Waals surface area contributed by atoms with Crippen LogP contribution in [0.5, 0.6) is 0 Å². The zero-order chi connectivity index (χ0) is 13.1. The van der Waals surface area contributed by atoms with E-state index >= 15 is 0 Å². The van der Waals surface area contributed by atoms with Gasteiger partial charge in [0.2, 0.25) is 0 Å². The SMILES string of the molecule is OC(C(F)F)C(c1cc(F)ccn1)n1cnnn1. The minimum absolute atomic E-state index is 0.0879. The Morgan fingerprint density at radius 3 is 2.67 bits per heavy atom. The van der Waals surface area contributed by atoms with E-state index in [0.29, 0.717) is 0 Å². The fourth-order valence-electron chi connectivity index (χ4n) is 1.48. The first-order valence-corrected chi connectivity index (χ1v) is 4.89. The van der Waals surface area contributed by atoms with Gasteiger partial charge in [-0.1, -0.05) is 0 Å². The summed E-state index contributed by atoms with van der Waals surface area (Å²) in [5.74, 6) is -0.653. The van der Waals surface area contributed by atoms with Gasteiger partial charge in [0.25, 0.3) is 6.43 Å². The third-order valence-electron chi connectivity index (χ3n) is 2.28. The second-order valence-electron chi connectivity index (χ2n) is 3.46. The Morgan fingerprint density at radius 1 is 1.33 bits per heavy atom. The molecule has 0 spiro atoms. The van der Waals surface area contributed by atoms with E-state index in [2.05, 4.69) is 20.5 Å². The molecule has 0 bridgehead atoms. The number of hydrogen-bond donors (Lipinski definition) is 1. The summed E-state index contributed by atoms with van der Waals surface area (Å²) in [5, 5.41) is 19.5. The molecule has 0 aliphatic carbocycles. The fraction of sp³-hybridized carbons (Fsp3) is 0.333. The predicted molar refractivity (Wildman–Crippen MR) is 52.2 cm³/mol. The number of nitrogens with zero attached hydrogens (tertiary/aromatic N) is 5. The van der Waals surface area contributed by atoms with E-state index in [0.717, 1.165) is 29.3 Å². The Hall–Kier alpha value is -2.03. The van der Waals surface area contributed by atoms with Crippen LogP contribution in [0.3, 0.4) is 0 Å². The maximum Gasteiger partial charge on any atom is 0.266 e. The van der Waals surface area contributed by atoms with Crippen molar-refractivity contribution in [3.8, 4) is 0 Å². The van der Waals surface area contributed by atoms with Crippen molar-refractivity contribution >= 4 is 0 Å². The van der Waals surface area contributed by atoms with Gasteiger partial charge in [0, 0.05) is 6.20 Å². The monoisotopic (exact) mass is 259 g/mol. The van der Waals surface area contributed by atoms with Crippen LogP contribution in [-0.2, 0) is 0 Å². The normalized spacial score (nSPS) is 14.7. The lowest BCUT2D eigenvalue weighted by molar-refractivity contribution is -0.0292. The number of rotatable bonds is 4. The topological polar surface area (TPSA) is 76.7 Å². The molecule has 0 saturated carbocycles. The number of hydrogen-bond acceptors (Lipinski definition) is 5. The number of aromatic nitrogens is 5. The summed E-state index contributed by atoms with van der Waals surface area (Å²) in [7, 11) is 0. The molecular weight excluding hydrogens is 251 g/mol. The molecule has 0 aliphatic heterocycles. The molecule has 1 N–H and O–H groups in total. The maximum absolute atomic E-state index is 13.1. The lowest BCUT2D eigenvalue weighted by atomic mass is 10.1. The van der Waals surface area contributed by atoms with Gasteiger partial charge in [-0.2, -0.15) is 0 Å². The first-order valence-electron chi connectivity index (χ1n) is 4.89. The molecule has 96 valence electrons. The molecule has 18 heavy (non-hydrogen) atoms. The first kappa shape index (κ1) is 12.4. The van der Waals surface area contributed by atoms with Crippen LogP contribution in [0.4, 0.5) is 13.2 Å². The molecule has 0 fully saturated rings. The number of alkyl halides is 2. The van der Waals surface area contributed by atoms with Crippen LogP contribution in [0.1, 0.15) is 11.7 Å². The molecule has 0 amide bonds. The molecule has 2 atom stereocenters. The van der Waals surface area contributed by atoms with Crippen molar-refractivity contribution in [3.05, 3.63) is 36.2 Å². The van der Waals surface area contributed by atoms with E-state index in [1.54, 1.807) is 0 Å². The molecule has 9 heteroatoms. The van der Waals surface area contributed by atoms with Gasteiger partial charge in [-0.15, -0.1) is 5.10 Å². The average molecular weight is 259 g/mol. The van der Waals surface area contributed by atoms with Crippen molar-refractivity contribution in [1.29, 1.82) is 0 Å². The minimum Gasteiger partial charge on any atom is -0.384 e. The van der Waals surface area contributed by atoms with Gasteiger partial charge in [-0.25, -0.2) is 17.9 Å². The number of aliphatic hydroxyl groups excluding tert-OH is 1. The molecule has 0 aromatic carbocycles. The molecular formula is C9H8F3N5O. The average Bonchev–Trinajstić information content (AvgIpc) is 2.83. The molecule has 2 aromatic rings. The quantitative estimate of drug-likeness (QED) is 0.861. The third kappa shape index (κ3) is 2.45. The van der Waals surface area contributed by atoms with Crippen molar-refractivity contribution in [3.63, 3.8) is 0 Å². The van der Waals surface area contributed by atoms with Gasteiger partial charge in [-0.05, 0) is 22.6 Å². The van der Waals surface area contributed by atoms with Crippen LogP contribution < -0.4 is 0 Å². The molecule has 0 aliphatic rings. The van der Waals surface area contributed by atoms with Gasteiger partial charge in [0.1, 0.15) is 24.3 Å². The highest BCUT2D eigenvalue weighted by molar-refractivity contribution is 5.13. The summed E-state index contributed by atoms with van der Waals surface area (Å²) in [6, 6.07) is 0.656. The van der Waals surface area contributed by atoms with E-state index in [4.69, 9.17) is 0 Å². The molecule has 2 aromatic heterocycles. The molecule has 6 nitrogen and oxygen atoms in total. The number of aliphatic hydroxyl groups is 1. The second kappa shape index (κ2) is 5.08. The van der Waals surface area contributed by atoms with Crippen LogP contribution in [0, 0.1) is 5.82 Å². The molecule has 2 rings (SSSR count). The van der Waals surface area contributed by atoms with Gasteiger partial charge < -0.3 is 5.11 Å². The smallest absolute Gasteiger partial charge is 0.266 e. The minimum atomic E-state index is -3.04. The largest absolute Gasteiger partial charge is 0.384 e. The number of halogens is 3. The van der Waals surface area contributed by atoms with E-state index in [1.807, 2.05) is 0 Å². The Morgan fingerprint density at radius 2 is 2.11 bits per heavy atom. The van der Waals surface area contributed by atoms with Crippen LogP contribution in [0.25, 0.3) is 0 Å². The highest BCUT2D eigenvalue weighted by atomic mass is 19.3. The van der Waals surface area contributed by atoms with Crippen molar-refractivity contribution in [2.45, 2.75) is 18.6 Å². The van der Waals surface area contributed by atoms with Crippen molar-refractivity contribution in [1.82, 2.24) is 25.2 Å². The number of tetrazole rings is 1. The Labute approximate surface area is 99.1 Å². The number of pyridine rings is 1. The Bertz CT molecular complexity index is 507. The van der Waals surface area contributed by atoms with Gasteiger partial charge in [-0.3, -0.25) is 4.98 Å². The fourth-order valence-corrected chi connectivity index (χ4v) is 1.48. The van der Waals surface area contributed by atoms with Crippen LogP contribution in [0.15, 0.2) is 24.7 Å². The lowest BCUT2D eigenvalue weighted by Gasteiger charge is -2.21. The first-order chi connectivity index (χ1) is 8.59. The summed E-state index contributed by atoms with van der Waals surface area (Å²) >= 11 is 0. The summed E-state index contributed by atoms with van der Waals surface area (Å²) < 4.78 is 39.2. The maximum atomic E-state index is 13.1. The Kier molecular flexibility index (Phi) is 3.51. The summed E-state index contributed by atoms with van der Waals surface area (Å²) in [6.45, 7) is 0. The highest BCUT2D eigenvalue weighted by Gasteiger charge is 2.32. The van der Waals surface area contributed by atoms with Crippen molar-refractivity contribution in [2.75, 3.05) is 0 Å². The summed E-state index contributed by atoms with van der Waals surface area (Å²) in [6.07, 6.45) is -2.98. The van der Waals surface area contributed by atoms with Crippen molar-refractivity contribution < 1.29 is 18.3 Å². The van der Waals surface area contributed by atoms with E-state index in [-0.39, 0.29) is 5.69 Å². The predicted octanol–water partition coefficient (Wildman–Crippen LogP) is 0.423. The molecule has 0 saturated heterocycles. The molecule has 2 heterocycles. The second-order valence-corrected chi connectivity index (χ2v) is 3.46. The van der Waals surface area contributed by atoms with Crippen LogP contribution in [0.2, 0.25) is 0 Å². The van der Waals surface area contributed by atoms with Gasteiger partial charge in [0.15, 0.2) is 0 Å². The summed E-state index contributed by atoms with van der Waals surface area (Å²) in [5.41, 5.74) is -0.0879. The van der Waals surface area contributed by atoms with E-state index < -0.39 is 24.4 Å². The van der Waals surface area contributed by atoms with Crippen LogP contribution >= 0.6 is 0 Å². The van der Waals surface area contributed by atoms with E-state index in [1.165, 1.54) is 0 Å². The van der Waals surface area contributed by atoms with Gasteiger partial charge >= 0.3 is 0 Å².